The molecule has 0 N–H and O–H groups in total. The zero-order valence-corrected chi connectivity index (χ0v) is 15.1. The summed E-state index contributed by atoms with van der Waals surface area (Å²) in [5.74, 6) is 0.454. The molecule has 26 heavy (non-hydrogen) atoms. The molecule has 0 bridgehead atoms. The Kier molecular flexibility index (Phi) is 6.05. The Balaban J connectivity index is 1.56. The first-order chi connectivity index (χ1) is 12.7. The van der Waals surface area contributed by atoms with E-state index in [1.54, 1.807) is 24.3 Å². The van der Waals surface area contributed by atoms with Crippen molar-refractivity contribution in [3.8, 4) is 5.75 Å². The summed E-state index contributed by atoms with van der Waals surface area (Å²) in [7, 11) is 1.53. The fourth-order valence-electron chi connectivity index (χ4n) is 3.42. The molecule has 2 aromatic rings. The van der Waals surface area contributed by atoms with Crippen LogP contribution in [-0.2, 0) is 4.74 Å². The minimum atomic E-state index is -0.531. The van der Waals surface area contributed by atoms with Crippen LogP contribution in [0, 0.1) is 0 Å². The standard InChI is InChI=1S/C22H24O4/c1-25-20-9-5-8-19(14-20)22(24)26-15-21(23)18-12-10-17(11-13-18)16-6-3-2-4-7-16/h5,8-14,16H,2-4,6-7,15H2,1H3. The number of hydrogen-bond donors (Lipinski definition) is 0. The monoisotopic (exact) mass is 352 g/mol. The molecule has 1 aliphatic carbocycles. The number of ether oxygens (including phenoxy) is 2. The highest BCUT2D eigenvalue weighted by atomic mass is 16.5. The molecule has 0 saturated heterocycles. The molecule has 0 radical (unpaired) electrons. The van der Waals surface area contributed by atoms with Gasteiger partial charge in [0.15, 0.2) is 12.4 Å². The lowest BCUT2D eigenvalue weighted by Gasteiger charge is -2.22. The van der Waals surface area contributed by atoms with Crippen molar-refractivity contribution < 1.29 is 19.1 Å². The first-order valence-electron chi connectivity index (χ1n) is 9.11. The average Bonchev–Trinajstić information content (AvgIpc) is 2.72. The van der Waals surface area contributed by atoms with Gasteiger partial charge in [-0.3, -0.25) is 4.79 Å². The lowest BCUT2D eigenvalue weighted by molar-refractivity contribution is 0.0474. The summed E-state index contributed by atoms with van der Waals surface area (Å²) in [6.45, 7) is -0.265. The molecule has 1 fully saturated rings. The number of carbonyl (C=O) groups is 2. The zero-order valence-electron chi connectivity index (χ0n) is 15.1. The predicted octanol–water partition coefficient (Wildman–Crippen LogP) is 4.78. The Morgan fingerprint density at radius 1 is 0.962 bits per heavy atom. The maximum Gasteiger partial charge on any atom is 0.338 e. The van der Waals surface area contributed by atoms with Gasteiger partial charge in [0.05, 0.1) is 12.7 Å². The van der Waals surface area contributed by atoms with Crippen molar-refractivity contribution >= 4 is 11.8 Å². The van der Waals surface area contributed by atoms with Crippen LogP contribution in [0.3, 0.4) is 0 Å². The molecule has 136 valence electrons. The van der Waals surface area contributed by atoms with Gasteiger partial charge in [0.25, 0.3) is 0 Å². The van der Waals surface area contributed by atoms with E-state index in [-0.39, 0.29) is 12.4 Å². The molecular weight excluding hydrogens is 328 g/mol. The Morgan fingerprint density at radius 3 is 2.38 bits per heavy atom. The molecule has 0 heterocycles. The van der Waals surface area contributed by atoms with E-state index in [0.717, 1.165) is 0 Å². The summed E-state index contributed by atoms with van der Waals surface area (Å²) in [4.78, 5) is 24.4. The van der Waals surface area contributed by atoms with Gasteiger partial charge in [-0.1, -0.05) is 49.6 Å². The van der Waals surface area contributed by atoms with Crippen LogP contribution in [0.15, 0.2) is 48.5 Å². The summed E-state index contributed by atoms with van der Waals surface area (Å²) in [5.41, 5.74) is 2.24. The smallest absolute Gasteiger partial charge is 0.338 e. The van der Waals surface area contributed by atoms with Crippen LogP contribution in [0.5, 0.6) is 5.75 Å². The minimum Gasteiger partial charge on any atom is -0.497 e. The fourth-order valence-corrected chi connectivity index (χ4v) is 3.42. The maximum absolute atomic E-state index is 12.3. The Labute approximate surface area is 154 Å². The molecule has 1 aliphatic rings. The molecule has 4 heteroatoms. The Hall–Kier alpha value is -2.62. The number of hydrogen-bond acceptors (Lipinski definition) is 4. The molecule has 0 unspecified atom stereocenters. The van der Waals surface area contributed by atoms with E-state index in [0.29, 0.717) is 22.8 Å². The van der Waals surface area contributed by atoms with Crippen molar-refractivity contribution in [2.75, 3.05) is 13.7 Å². The third-order valence-corrected chi connectivity index (χ3v) is 4.95. The van der Waals surface area contributed by atoms with Crippen molar-refractivity contribution in [3.63, 3.8) is 0 Å². The van der Waals surface area contributed by atoms with Gasteiger partial charge in [-0.25, -0.2) is 4.79 Å². The Morgan fingerprint density at radius 2 is 1.69 bits per heavy atom. The van der Waals surface area contributed by atoms with Gasteiger partial charge in [0.1, 0.15) is 5.75 Å². The molecule has 1 saturated carbocycles. The van der Waals surface area contributed by atoms with Crippen molar-refractivity contribution in [1.29, 1.82) is 0 Å². The van der Waals surface area contributed by atoms with Crippen LogP contribution < -0.4 is 4.74 Å². The van der Waals surface area contributed by atoms with E-state index in [1.165, 1.54) is 44.8 Å². The molecule has 0 spiro atoms. The highest BCUT2D eigenvalue weighted by molar-refractivity contribution is 5.99. The summed E-state index contributed by atoms with van der Waals surface area (Å²) in [6, 6.07) is 14.4. The number of methoxy groups -OCH3 is 1. The van der Waals surface area contributed by atoms with Gasteiger partial charge in [0, 0.05) is 5.56 Å². The van der Waals surface area contributed by atoms with Gasteiger partial charge in [0.2, 0.25) is 0 Å². The van der Waals surface area contributed by atoms with Crippen LogP contribution in [0.4, 0.5) is 0 Å². The van der Waals surface area contributed by atoms with Gasteiger partial charge in [-0.05, 0) is 42.5 Å². The summed E-state index contributed by atoms with van der Waals surface area (Å²) >= 11 is 0. The highest BCUT2D eigenvalue weighted by Gasteiger charge is 2.17. The van der Waals surface area contributed by atoms with E-state index in [1.807, 2.05) is 24.3 Å². The largest absolute Gasteiger partial charge is 0.497 e. The van der Waals surface area contributed by atoms with Crippen molar-refractivity contribution in [1.82, 2.24) is 0 Å². The number of benzene rings is 2. The van der Waals surface area contributed by atoms with E-state index in [4.69, 9.17) is 9.47 Å². The molecule has 0 amide bonds. The second kappa shape index (κ2) is 8.65. The van der Waals surface area contributed by atoms with Crippen LogP contribution in [0.25, 0.3) is 0 Å². The number of carbonyl (C=O) groups excluding carboxylic acids is 2. The molecule has 0 aromatic heterocycles. The zero-order chi connectivity index (χ0) is 18.4. The second-order valence-corrected chi connectivity index (χ2v) is 6.69. The molecule has 0 aliphatic heterocycles. The fraction of sp³-hybridized carbons (Fsp3) is 0.364. The highest BCUT2D eigenvalue weighted by Crippen LogP contribution is 2.32. The molecular formula is C22H24O4. The normalized spacial score (nSPS) is 14.7. The maximum atomic E-state index is 12.3. The third kappa shape index (κ3) is 4.51. The first-order valence-corrected chi connectivity index (χ1v) is 9.11. The SMILES string of the molecule is COc1cccc(C(=O)OCC(=O)c2ccc(C3CCCCC3)cc2)c1. The summed E-state index contributed by atoms with van der Waals surface area (Å²) < 4.78 is 10.2. The quantitative estimate of drug-likeness (QED) is 0.554. The lowest BCUT2D eigenvalue weighted by Crippen LogP contribution is -2.14. The van der Waals surface area contributed by atoms with Crippen LogP contribution in [-0.4, -0.2) is 25.5 Å². The third-order valence-electron chi connectivity index (χ3n) is 4.95. The van der Waals surface area contributed by atoms with E-state index in [9.17, 15) is 9.59 Å². The van der Waals surface area contributed by atoms with Crippen molar-refractivity contribution in [3.05, 3.63) is 65.2 Å². The molecule has 0 atom stereocenters. The topological polar surface area (TPSA) is 52.6 Å². The second-order valence-electron chi connectivity index (χ2n) is 6.69. The summed E-state index contributed by atoms with van der Waals surface area (Å²) in [5, 5.41) is 0. The van der Waals surface area contributed by atoms with Crippen LogP contribution in [0.1, 0.15) is 64.3 Å². The minimum absolute atomic E-state index is 0.198. The van der Waals surface area contributed by atoms with Gasteiger partial charge in [-0.15, -0.1) is 0 Å². The summed E-state index contributed by atoms with van der Waals surface area (Å²) in [6.07, 6.45) is 6.35. The molecule has 4 nitrogen and oxygen atoms in total. The average molecular weight is 352 g/mol. The first kappa shape index (κ1) is 18.2. The van der Waals surface area contributed by atoms with Gasteiger partial charge < -0.3 is 9.47 Å². The van der Waals surface area contributed by atoms with Gasteiger partial charge >= 0.3 is 5.97 Å². The molecule has 3 rings (SSSR count). The van der Waals surface area contributed by atoms with Crippen LogP contribution >= 0.6 is 0 Å². The van der Waals surface area contributed by atoms with Gasteiger partial charge in [-0.2, -0.15) is 0 Å². The van der Waals surface area contributed by atoms with E-state index >= 15 is 0 Å². The number of esters is 1. The van der Waals surface area contributed by atoms with Crippen LogP contribution in [0.2, 0.25) is 0 Å². The number of ketones is 1. The molecule has 2 aromatic carbocycles. The number of Topliss-reactive ketones (excluding diaryl/α,β-unsaturated/α-hetero) is 1. The lowest BCUT2D eigenvalue weighted by atomic mass is 9.84. The predicted molar refractivity (Wildman–Crippen MR) is 99.9 cm³/mol. The van der Waals surface area contributed by atoms with Crippen molar-refractivity contribution in [2.24, 2.45) is 0 Å². The van der Waals surface area contributed by atoms with Crippen molar-refractivity contribution in [2.45, 2.75) is 38.0 Å². The Bertz CT molecular complexity index is 758. The number of rotatable bonds is 6. The van der Waals surface area contributed by atoms with E-state index < -0.39 is 5.97 Å². The van der Waals surface area contributed by atoms with E-state index in [2.05, 4.69) is 0 Å².